The summed E-state index contributed by atoms with van der Waals surface area (Å²) in [4.78, 5) is 10.1. The van der Waals surface area contributed by atoms with E-state index in [0.29, 0.717) is 6.61 Å². The second kappa shape index (κ2) is 10.6. The van der Waals surface area contributed by atoms with Crippen LogP contribution >= 0.6 is 23.2 Å². The van der Waals surface area contributed by atoms with Gasteiger partial charge in [0.2, 0.25) is 0 Å². The fourth-order valence-corrected chi connectivity index (χ4v) is 1.10. The minimum atomic E-state index is -0.265. The topological polar surface area (TPSA) is 26.3 Å². The zero-order chi connectivity index (χ0) is 9.40. The van der Waals surface area contributed by atoms with Crippen LogP contribution in [0, 0.1) is 0 Å². The maximum Gasteiger partial charge on any atom is 0.302 e. The van der Waals surface area contributed by atoms with E-state index in [1.807, 2.05) is 0 Å². The summed E-state index contributed by atoms with van der Waals surface area (Å²) in [5, 5.41) is 0. The van der Waals surface area contributed by atoms with E-state index in [2.05, 4.69) is 0 Å². The number of alkyl halides is 2. The average molecular weight is 272 g/mol. The third-order valence-electron chi connectivity index (χ3n) is 1.37. The molecule has 0 amide bonds. The first kappa shape index (κ1) is 16.0. The fourth-order valence-electron chi connectivity index (χ4n) is 0.793. The molecule has 1 radical (unpaired) electrons. The van der Waals surface area contributed by atoms with E-state index < -0.39 is 0 Å². The molecule has 13 heavy (non-hydrogen) atoms. The van der Waals surface area contributed by atoms with Gasteiger partial charge in [-0.3, -0.25) is 4.79 Å². The van der Waals surface area contributed by atoms with Gasteiger partial charge in [0.1, 0.15) is 4.84 Å². The Morgan fingerprint density at radius 3 is 2.38 bits per heavy atom. The molecule has 0 N–H and O–H groups in total. The van der Waals surface area contributed by atoms with Crippen LogP contribution in [0.4, 0.5) is 0 Å². The molecule has 0 bridgehead atoms. The number of esters is 1. The van der Waals surface area contributed by atoms with Crippen molar-refractivity contribution in [3.05, 3.63) is 0 Å². The molecule has 0 fully saturated rings. The summed E-state index contributed by atoms with van der Waals surface area (Å²) in [6.07, 6.45) is 3.69. The number of hydrogen-bond acceptors (Lipinski definition) is 2. The molecule has 0 spiro atoms. The summed E-state index contributed by atoms with van der Waals surface area (Å²) in [7, 11) is 0. The number of unbranched alkanes of at least 4 members (excludes halogenated alkanes) is 2. The molecule has 0 aromatic carbocycles. The molecule has 0 heterocycles. The third-order valence-corrected chi connectivity index (χ3v) is 1.81. The zero-order valence-corrected chi connectivity index (χ0v) is 10.1. The smallest absolute Gasteiger partial charge is 0.302 e. The molecule has 2 nitrogen and oxygen atoms in total. The van der Waals surface area contributed by atoms with Crippen LogP contribution in [0.3, 0.4) is 0 Å². The summed E-state index contributed by atoms with van der Waals surface area (Å²) in [5.41, 5.74) is 0. The number of rotatable bonds is 6. The normalized spacial score (nSPS) is 9.54. The summed E-state index contributed by atoms with van der Waals surface area (Å²) in [6, 6.07) is 0. The van der Waals surface area contributed by atoms with E-state index in [0.717, 1.165) is 25.7 Å². The van der Waals surface area contributed by atoms with Crippen molar-refractivity contribution in [1.82, 2.24) is 0 Å². The SMILES string of the molecule is CC(=O)OCCCCCC(Cl)Cl.[Co]. The molecule has 0 rings (SSSR count). The number of ether oxygens (including phenoxy) is 1. The van der Waals surface area contributed by atoms with Gasteiger partial charge in [0.25, 0.3) is 0 Å². The van der Waals surface area contributed by atoms with Crippen LogP contribution in [0.15, 0.2) is 0 Å². The predicted molar refractivity (Wildman–Crippen MR) is 50.6 cm³/mol. The van der Waals surface area contributed by atoms with Crippen LogP contribution in [0.2, 0.25) is 0 Å². The second-order valence-corrected chi connectivity index (χ2v) is 3.86. The first-order valence-electron chi connectivity index (χ1n) is 4.04. The minimum Gasteiger partial charge on any atom is -0.466 e. The molecule has 0 aliphatic carbocycles. The Hall–Kier alpha value is 0.556. The molecule has 5 heteroatoms. The molecular formula is C8H14Cl2CoO2. The minimum absolute atomic E-state index is 0. The van der Waals surface area contributed by atoms with Crippen LogP contribution < -0.4 is 0 Å². The maximum absolute atomic E-state index is 10.3. The van der Waals surface area contributed by atoms with E-state index in [9.17, 15) is 4.79 Å². The number of carbonyl (C=O) groups excluding carboxylic acids is 1. The second-order valence-electron chi connectivity index (χ2n) is 2.58. The standard InChI is InChI=1S/C8H14Cl2O2.Co/c1-7(11)12-6-4-2-3-5-8(9)10;/h8H,2-6H2,1H3;. The first-order valence-corrected chi connectivity index (χ1v) is 4.91. The van der Waals surface area contributed by atoms with Crippen LogP contribution in [0.25, 0.3) is 0 Å². The van der Waals surface area contributed by atoms with Gasteiger partial charge in [-0.1, -0.05) is 6.42 Å². The predicted octanol–water partition coefficient (Wildman–Crippen LogP) is 2.91. The molecular weight excluding hydrogens is 258 g/mol. The van der Waals surface area contributed by atoms with Crippen molar-refractivity contribution in [3.8, 4) is 0 Å². The Labute approximate surface area is 99.5 Å². The van der Waals surface area contributed by atoms with Crippen molar-refractivity contribution < 1.29 is 26.3 Å². The Balaban J connectivity index is 0. The van der Waals surface area contributed by atoms with Gasteiger partial charge in [-0.25, -0.2) is 0 Å². The van der Waals surface area contributed by atoms with E-state index in [-0.39, 0.29) is 27.6 Å². The van der Waals surface area contributed by atoms with Gasteiger partial charge in [0.05, 0.1) is 6.61 Å². The van der Waals surface area contributed by atoms with Crippen LogP contribution in [0.1, 0.15) is 32.6 Å². The van der Waals surface area contributed by atoms with E-state index in [4.69, 9.17) is 27.9 Å². The summed E-state index contributed by atoms with van der Waals surface area (Å²) in [6.45, 7) is 1.91. The quantitative estimate of drug-likeness (QED) is 0.422. The average Bonchev–Trinajstić information content (AvgIpc) is 1.95. The van der Waals surface area contributed by atoms with E-state index in [1.54, 1.807) is 0 Å². The number of hydrogen-bond donors (Lipinski definition) is 0. The number of halogens is 2. The van der Waals surface area contributed by atoms with Crippen LogP contribution in [-0.4, -0.2) is 17.4 Å². The van der Waals surface area contributed by atoms with Crippen molar-refractivity contribution in [1.29, 1.82) is 0 Å². The Morgan fingerprint density at radius 2 is 1.92 bits per heavy atom. The maximum atomic E-state index is 10.3. The molecule has 81 valence electrons. The van der Waals surface area contributed by atoms with Gasteiger partial charge in [0, 0.05) is 23.7 Å². The van der Waals surface area contributed by atoms with Crippen molar-refractivity contribution >= 4 is 29.2 Å². The third kappa shape index (κ3) is 15.3. The summed E-state index contributed by atoms with van der Waals surface area (Å²) < 4.78 is 4.74. The van der Waals surface area contributed by atoms with Crippen LogP contribution in [0.5, 0.6) is 0 Å². The molecule has 0 atom stereocenters. The zero-order valence-electron chi connectivity index (χ0n) is 7.52. The van der Waals surface area contributed by atoms with Gasteiger partial charge in [-0.15, -0.1) is 23.2 Å². The van der Waals surface area contributed by atoms with Gasteiger partial charge in [0.15, 0.2) is 0 Å². The first-order chi connectivity index (χ1) is 5.63. The van der Waals surface area contributed by atoms with Gasteiger partial charge < -0.3 is 4.74 Å². The van der Waals surface area contributed by atoms with E-state index in [1.165, 1.54) is 6.92 Å². The van der Waals surface area contributed by atoms with Gasteiger partial charge in [-0.2, -0.15) is 0 Å². The summed E-state index contributed by atoms with van der Waals surface area (Å²) in [5.74, 6) is -0.220. The Kier molecular flexibility index (Phi) is 13.1. The fraction of sp³-hybridized carbons (Fsp3) is 0.875. The Bertz CT molecular complexity index is 131. The van der Waals surface area contributed by atoms with Gasteiger partial charge >= 0.3 is 5.97 Å². The molecule has 0 aliphatic heterocycles. The molecule has 0 saturated heterocycles. The summed E-state index contributed by atoms with van der Waals surface area (Å²) >= 11 is 11.0. The van der Waals surface area contributed by atoms with Crippen molar-refractivity contribution in [2.24, 2.45) is 0 Å². The number of carbonyl (C=O) groups is 1. The van der Waals surface area contributed by atoms with Crippen molar-refractivity contribution in [2.75, 3.05) is 6.61 Å². The Morgan fingerprint density at radius 1 is 1.31 bits per heavy atom. The molecule has 0 unspecified atom stereocenters. The van der Waals surface area contributed by atoms with Crippen molar-refractivity contribution in [2.45, 2.75) is 37.4 Å². The van der Waals surface area contributed by atoms with Crippen molar-refractivity contribution in [3.63, 3.8) is 0 Å². The molecule has 0 aromatic heterocycles. The largest absolute Gasteiger partial charge is 0.466 e. The van der Waals surface area contributed by atoms with Crippen LogP contribution in [-0.2, 0) is 26.3 Å². The molecule has 0 saturated carbocycles. The molecule has 0 aliphatic rings. The monoisotopic (exact) mass is 271 g/mol. The van der Waals surface area contributed by atoms with E-state index >= 15 is 0 Å². The molecule has 0 aromatic rings. The van der Waals surface area contributed by atoms with Gasteiger partial charge in [-0.05, 0) is 19.3 Å².